The molecule has 0 N–H and O–H groups in total. The van der Waals surface area contributed by atoms with Gasteiger partial charge in [0.25, 0.3) is 0 Å². The highest BCUT2D eigenvalue weighted by atomic mass is 19.4. The molecular weight excluding hydrogens is 286 g/mol. The molecule has 112 valence electrons. The molecular formula is C15H13F4NO. The van der Waals surface area contributed by atoms with Crippen LogP contribution in [-0.4, -0.2) is 20.5 Å². The van der Waals surface area contributed by atoms with Crippen LogP contribution >= 0.6 is 0 Å². The van der Waals surface area contributed by atoms with Gasteiger partial charge in [-0.2, -0.15) is 0 Å². The van der Waals surface area contributed by atoms with Gasteiger partial charge in [-0.05, 0) is 35.4 Å². The third kappa shape index (κ3) is 3.87. The first-order valence-electron chi connectivity index (χ1n) is 6.09. The fourth-order valence-corrected chi connectivity index (χ4v) is 1.88. The Balaban J connectivity index is 2.29. The van der Waals surface area contributed by atoms with Crippen LogP contribution in [0, 0.1) is 5.82 Å². The van der Waals surface area contributed by atoms with Gasteiger partial charge in [-0.25, -0.2) is 4.39 Å². The number of hydrogen-bond acceptors (Lipinski definition) is 2. The van der Waals surface area contributed by atoms with Crippen LogP contribution in [-0.2, 0) is 0 Å². The molecule has 0 fully saturated rings. The maximum atomic E-state index is 13.6. The van der Waals surface area contributed by atoms with Crippen molar-refractivity contribution in [1.82, 2.24) is 0 Å². The summed E-state index contributed by atoms with van der Waals surface area (Å²) in [6.07, 6.45) is -4.71. The van der Waals surface area contributed by atoms with E-state index in [9.17, 15) is 17.6 Å². The summed E-state index contributed by atoms with van der Waals surface area (Å²) in [5.41, 5.74) is 1.79. The van der Waals surface area contributed by atoms with Gasteiger partial charge in [-0.15, -0.1) is 13.2 Å². The van der Waals surface area contributed by atoms with Crippen molar-refractivity contribution in [3.8, 4) is 16.9 Å². The van der Waals surface area contributed by atoms with Gasteiger partial charge in [-0.3, -0.25) is 0 Å². The normalized spacial score (nSPS) is 11.3. The molecule has 0 unspecified atom stereocenters. The highest BCUT2D eigenvalue weighted by Gasteiger charge is 2.30. The first-order chi connectivity index (χ1) is 9.76. The van der Waals surface area contributed by atoms with Gasteiger partial charge in [0.05, 0.1) is 5.69 Å². The van der Waals surface area contributed by atoms with Crippen molar-refractivity contribution in [2.75, 3.05) is 19.0 Å². The fourth-order valence-electron chi connectivity index (χ4n) is 1.88. The first-order valence-corrected chi connectivity index (χ1v) is 6.09. The van der Waals surface area contributed by atoms with Crippen LogP contribution in [0.5, 0.6) is 5.75 Å². The van der Waals surface area contributed by atoms with Crippen LogP contribution < -0.4 is 9.64 Å². The third-order valence-corrected chi connectivity index (χ3v) is 2.85. The second-order valence-electron chi connectivity index (χ2n) is 4.63. The number of anilines is 1. The summed E-state index contributed by atoms with van der Waals surface area (Å²) in [5.74, 6) is -0.651. The van der Waals surface area contributed by atoms with Gasteiger partial charge in [0.2, 0.25) is 0 Å². The molecule has 0 saturated carbocycles. The Bertz CT molecular complexity index is 621. The smallest absolute Gasteiger partial charge is 0.406 e. The van der Waals surface area contributed by atoms with Crippen LogP contribution in [0.4, 0.5) is 23.2 Å². The molecule has 21 heavy (non-hydrogen) atoms. The summed E-state index contributed by atoms with van der Waals surface area (Å²) >= 11 is 0. The Morgan fingerprint density at radius 3 is 2.00 bits per heavy atom. The quantitative estimate of drug-likeness (QED) is 0.776. The van der Waals surface area contributed by atoms with Gasteiger partial charge >= 0.3 is 6.36 Å². The average molecular weight is 299 g/mol. The molecule has 0 bridgehead atoms. The summed E-state index contributed by atoms with van der Waals surface area (Å²) < 4.78 is 53.6. The van der Waals surface area contributed by atoms with E-state index in [2.05, 4.69) is 4.74 Å². The highest BCUT2D eigenvalue weighted by molar-refractivity contribution is 5.69. The molecule has 0 radical (unpaired) electrons. The molecule has 0 spiro atoms. The van der Waals surface area contributed by atoms with E-state index in [1.807, 2.05) is 0 Å². The Hall–Kier alpha value is -2.24. The second-order valence-corrected chi connectivity index (χ2v) is 4.63. The van der Waals surface area contributed by atoms with Crippen molar-refractivity contribution in [1.29, 1.82) is 0 Å². The van der Waals surface area contributed by atoms with Gasteiger partial charge in [-0.1, -0.05) is 18.2 Å². The van der Waals surface area contributed by atoms with Crippen molar-refractivity contribution in [2.24, 2.45) is 0 Å². The van der Waals surface area contributed by atoms with E-state index >= 15 is 0 Å². The summed E-state index contributed by atoms with van der Waals surface area (Å²) in [4.78, 5) is 1.62. The van der Waals surface area contributed by atoms with E-state index in [-0.39, 0.29) is 11.6 Å². The predicted octanol–water partition coefficient (Wildman–Crippen LogP) is 4.46. The van der Waals surface area contributed by atoms with Crippen LogP contribution in [0.15, 0.2) is 42.5 Å². The fraction of sp³-hybridized carbons (Fsp3) is 0.200. The predicted molar refractivity (Wildman–Crippen MR) is 72.8 cm³/mol. The molecule has 0 atom stereocenters. The summed E-state index contributed by atoms with van der Waals surface area (Å²) in [6.45, 7) is 0. The van der Waals surface area contributed by atoms with Crippen LogP contribution in [0.1, 0.15) is 0 Å². The number of rotatable bonds is 3. The van der Waals surface area contributed by atoms with Gasteiger partial charge < -0.3 is 9.64 Å². The molecule has 6 heteroatoms. The van der Waals surface area contributed by atoms with Crippen molar-refractivity contribution in [3.63, 3.8) is 0 Å². The lowest BCUT2D eigenvalue weighted by molar-refractivity contribution is -0.274. The SMILES string of the molecule is CN(C)c1cc(-c2ccc(OC(F)(F)F)cc2)ccc1F. The molecule has 0 saturated heterocycles. The number of halogens is 4. The Morgan fingerprint density at radius 2 is 1.48 bits per heavy atom. The highest BCUT2D eigenvalue weighted by Crippen LogP contribution is 2.29. The molecule has 2 aromatic rings. The third-order valence-electron chi connectivity index (χ3n) is 2.85. The zero-order valence-electron chi connectivity index (χ0n) is 11.4. The minimum Gasteiger partial charge on any atom is -0.406 e. The molecule has 0 aliphatic heterocycles. The second kappa shape index (κ2) is 5.63. The average Bonchev–Trinajstić information content (AvgIpc) is 2.38. The first kappa shape index (κ1) is 15.2. The van der Waals surface area contributed by atoms with Crippen LogP contribution in [0.25, 0.3) is 11.1 Å². The Labute approximate surface area is 119 Å². The zero-order chi connectivity index (χ0) is 15.6. The topological polar surface area (TPSA) is 12.5 Å². The van der Waals surface area contributed by atoms with E-state index in [0.29, 0.717) is 16.8 Å². The van der Waals surface area contributed by atoms with Crippen LogP contribution in [0.3, 0.4) is 0 Å². The van der Waals surface area contributed by atoms with E-state index < -0.39 is 6.36 Å². The summed E-state index contributed by atoms with van der Waals surface area (Å²) in [7, 11) is 3.42. The Kier molecular flexibility index (Phi) is 4.06. The van der Waals surface area contributed by atoms with Crippen molar-refractivity contribution in [2.45, 2.75) is 6.36 Å². The molecule has 0 aliphatic rings. The van der Waals surface area contributed by atoms with Gasteiger partial charge in [0.15, 0.2) is 0 Å². The van der Waals surface area contributed by atoms with E-state index in [4.69, 9.17) is 0 Å². The van der Waals surface area contributed by atoms with Crippen molar-refractivity contribution < 1.29 is 22.3 Å². The molecule has 0 aliphatic carbocycles. The van der Waals surface area contributed by atoms with E-state index in [1.54, 1.807) is 31.1 Å². The molecule has 0 amide bonds. The van der Waals surface area contributed by atoms with Gasteiger partial charge in [0, 0.05) is 14.1 Å². The van der Waals surface area contributed by atoms with E-state index in [0.717, 1.165) is 0 Å². The molecule has 2 nitrogen and oxygen atoms in total. The number of benzene rings is 2. The monoisotopic (exact) mass is 299 g/mol. The number of hydrogen-bond donors (Lipinski definition) is 0. The number of alkyl halides is 3. The molecule has 0 heterocycles. The van der Waals surface area contributed by atoms with Gasteiger partial charge in [0.1, 0.15) is 11.6 Å². The maximum Gasteiger partial charge on any atom is 0.573 e. The van der Waals surface area contributed by atoms with Crippen molar-refractivity contribution in [3.05, 3.63) is 48.3 Å². The lowest BCUT2D eigenvalue weighted by atomic mass is 10.0. The maximum absolute atomic E-state index is 13.6. The number of ether oxygens (including phenoxy) is 1. The molecule has 0 aromatic heterocycles. The molecule has 2 rings (SSSR count). The largest absolute Gasteiger partial charge is 0.573 e. The Morgan fingerprint density at radius 1 is 0.905 bits per heavy atom. The number of nitrogens with zero attached hydrogens (tertiary/aromatic N) is 1. The van der Waals surface area contributed by atoms with E-state index in [1.165, 1.54) is 30.3 Å². The standard InChI is InChI=1S/C15H13F4NO/c1-20(2)14-9-11(5-8-13(14)16)10-3-6-12(7-4-10)21-15(17,18)19/h3-9H,1-2H3. The minimum atomic E-state index is -4.71. The summed E-state index contributed by atoms with van der Waals surface area (Å²) in [5, 5.41) is 0. The molecule has 2 aromatic carbocycles. The van der Waals surface area contributed by atoms with Crippen LogP contribution in [0.2, 0.25) is 0 Å². The lowest BCUT2D eigenvalue weighted by Gasteiger charge is -2.15. The zero-order valence-corrected chi connectivity index (χ0v) is 11.4. The minimum absolute atomic E-state index is 0.291. The van der Waals surface area contributed by atoms with Crippen molar-refractivity contribution >= 4 is 5.69 Å². The lowest BCUT2D eigenvalue weighted by Crippen LogP contribution is -2.16. The summed E-state index contributed by atoms with van der Waals surface area (Å²) in [6, 6.07) is 9.96.